The summed E-state index contributed by atoms with van der Waals surface area (Å²) >= 11 is 1.33. The van der Waals surface area contributed by atoms with Crippen molar-refractivity contribution in [2.24, 2.45) is 23.1 Å². The molecule has 18 N–H and O–H groups in total. The standard InChI is InChI=1S/C47H76N12O15S/c1-24(2)36(57-44(70)34-15-11-18-59(34)46(72)37(26(4)62)58-39(65)28(49)22-60)45(71)56-33(23-61)43(69)55-31(20-27-12-7-6-8-13-27)41(67)51-25(3)38(64)54-32(21-35(50)63)42(68)52-29(16-19-75-5)40(66)53-30(47(73)74)14-9-10-17-48/h6-8,12-13,24-26,28-34,36-37,60-62H,9-11,14-23,48-49H2,1-5H3,(H2,50,63)(H,51,67)(H,52,68)(H,53,66)(H,54,64)(H,55,69)(H,56,71)(H,57,70)(H,58,65)(H,73,74)/t25-,26+,28-,29-,30-,31-,32-,33-,34-,36-,37-/m0/s1. The van der Waals surface area contributed by atoms with Crippen LogP contribution in [0.1, 0.15) is 78.2 Å². The number of nitrogens with one attached hydrogen (secondary N) is 8. The molecule has 0 bridgehead atoms. The number of carboxylic acid groups (broad SMARTS) is 1. The van der Waals surface area contributed by atoms with Gasteiger partial charge >= 0.3 is 5.97 Å². The lowest BCUT2D eigenvalue weighted by Crippen LogP contribution is -2.62. The highest BCUT2D eigenvalue weighted by molar-refractivity contribution is 7.98. The average Bonchev–Trinajstić information content (AvgIpc) is 3.86. The van der Waals surface area contributed by atoms with E-state index in [9.17, 15) is 73.2 Å². The van der Waals surface area contributed by atoms with Gasteiger partial charge in [-0.15, -0.1) is 0 Å². The number of hydrogen-bond donors (Lipinski definition) is 15. The van der Waals surface area contributed by atoms with Crippen LogP contribution in [0.5, 0.6) is 0 Å². The fraction of sp³-hybridized carbons (Fsp3) is 0.638. The van der Waals surface area contributed by atoms with Gasteiger partial charge in [-0.1, -0.05) is 44.2 Å². The van der Waals surface area contributed by atoms with E-state index in [1.165, 1.54) is 25.6 Å². The molecule has 420 valence electrons. The van der Waals surface area contributed by atoms with Gasteiger partial charge in [0, 0.05) is 13.0 Å². The van der Waals surface area contributed by atoms with Crippen LogP contribution in [0.15, 0.2) is 30.3 Å². The summed E-state index contributed by atoms with van der Waals surface area (Å²) in [6.07, 6.45) is 0.870. The summed E-state index contributed by atoms with van der Waals surface area (Å²) in [6.45, 7) is 4.26. The van der Waals surface area contributed by atoms with E-state index in [2.05, 4.69) is 42.5 Å². The molecule has 11 atom stereocenters. The maximum Gasteiger partial charge on any atom is 0.326 e. The van der Waals surface area contributed by atoms with Crippen molar-refractivity contribution in [3.05, 3.63) is 35.9 Å². The molecular formula is C47H76N12O15S. The number of primary amides is 1. The summed E-state index contributed by atoms with van der Waals surface area (Å²) in [7, 11) is 0. The Morgan fingerprint density at radius 3 is 1.81 bits per heavy atom. The van der Waals surface area contributed by atoms with Gasteiger partial charge in [0.1, 0.15) is 60.4 Å². The number of carbonyl (C=O) groups excluding carboxylic acids is 10. The molecule has 28 heteroatoms. The molecular weight excluding hydrogens is 1000 g/mol. The highest BCUT2D eigenvalue weighted by Gasteiger charge is 2.42. The average molecular weight is 1080 g/mol. The van der Waals surface area contributed by atoms with Gasteiger partial charge in [-0.3, -0.25) is 47.9 Å². The lowest BCUT2D eigenvalue weighted by atomic mass is 10.0. The molecule has 10 amide bonds. The quantitative estimate of drug-likeness (QED) is 0.0292. The number of nitrogens with two attached hydrogens (primary N) is 3. The smallest absolute Gasteiger partial charge is 0.326 e. The molecule has 0 aliphatic carbocycles. The van der Waals surface area contributed by atoms with Gasteiger partial charge in [0.05, 0.1) is 25.7 Å². The lowest BCUT2D eigenvalue weighted by Gasteiger charge is -2.32. The molecule has 1 saturated heterocycles. The van der Waals surface area contributed by atoms with Crippen LogP contribution in [-0.2, 0) is 59.2 Å². The van der Waals surface area contributed by atoms with Gasteiger partial charge in [0.2, 0.25) is 59.1 Å². The van der Waals surface area contributed by atoms with E-state index >= 15 is 0 Å². The number of aliphatic hydroxyl groups is 3. The molecule has 1 fully saturated rings. The van der Waals surface area contributed by atoms with Gasteiger partial charge in [-0.25, -0.2) is 4.79 Å². The van der Waals surface area contributed by atoms with Gasteiger partial charge in [0.25, 0.3) is 0 Å². The molecule has 1 aromatic rings. The predicted octanol–water partition coefficient (Wildman–Crippen LogP) is -5.69. The Bertz CT molecular complexity index is 2120. The zero-order chi connectivity index (χ0) is 56.5. The second kappa shape index (κ2) is 32.8. The van der Waals surface area contributed by atoms with E-state index in [1.807, 2.05) is 0 Å². The highest BCUT2D eigenvalue weighted by atomic mass is 32.2. The summed E-state index contributed by atoms with van der Waals surface area (Å²) in [5.41, 5.74) is 17.0. The maximum atomic E-state index is 13.9. The third-order valence-corrected chi connectivity index (χ3v) is 12.6. The molecule has 2 rings (SSSR count). The van der Waals surface area contributed by atoms with Crippen LogP contribution >= 0.6 is 11.8 Å². The molecule has 75 heavy (non-hydrogen) atoms. The number of amides is 10. The summed E-state index contributed by atoms with van der Waals surface area (Å²) in [6, 6.07) is -6.05. The first kappa shape index (κ1) is 64.7. The molecule has 0 saturated carbocycles. The Hall–Kier alpha value is -6.46. The van der Waals surface area contributed by atoms with Crippen molar-refractivity contribution in [1.29, 1.82) is 0 Å². The van der Waals surface area contributed by atoms with Crippen molar-refractivity contribution in [3.63, 3.8) is 0 Å². The minimum atomic E-state index is -1.71. The molecule has 1 heterocycles. The Labute approximate surface area is 439 Å². The van der Waals surface area contributed by atoms with Crippen molar-refractivity contribution >= 4 is 76.8 Å². The lowest BCUT2D eigenvalue weighted by molar-refractivity contribution is -0.144. The number of thioether (sulfide) groups is 1. The minimum absolute atomic E-state index is 0.0333. The topological polar surface area (TPSA) is 446 Å². The molecule has 0 spiro atoms. The van der Waals surface area contributed by atoms with Crippen molar-refractivity contribution < 1.29 is 73.2 Å². The van der Waals surface area contributed by atoms with Gasteiger partial charge in [-0.2, -0.15) is 11.8 Å². The molecule has 27 nitrogen and oxygen atoms in total. The van der Waals surface area contributed by atoms with Crippen LogP contribution in [0.2, 0.25) is 0 Å². The molecule has 0 unspecified atom stereocenters. The molecule has 1 aliphatic rings. The first-order valence-corrected chi connectivity index (χ1v) is 25.9. The number of nitrogens with zero attached hydrogens (tertiary/aromatic N) is 1. The van der Waals surface area contributed by atoms with Crippen LogP contribution in [-0.4, -0.2) is 195 Å². The number of likely N-dealkylation sites (tertiary alicyclic amines) is 1. The normalized spacial score (nSPS) is 17.2. The van der Waals surface area contributed by atoms with Crippen molar-refractivity contribution in [2.75, 3.05) is 38.3 Å². The number of rotatable bonds is 33. The van der Waals surface area contributed by atoms with Gasteiger partial charge in [0.15, 0.2) is 0 Å². The zero-order valence-corrected chi connectivity index (χ0v) is 43.7. The first-order valence-electron chi connectivity index (χ1n) is 24.5. The third-order valence-electron chi connectivity index (χ3n) is 12.0. The van der Waals surface area contributed by atoms with Crippen LogP contribution < -0.4 is 59.7 Å². The van der Waals surface area contributed by atoms with E-state index < -0.39 is 157 Å². The predicted molar refractivity (Wildman–Crippen MR) is 272 cm³/mol. The van der Waals surface area contributed by atoms with E-state index in [-0.39, 0.29) is 32.2 Å². The van der Waals surface area contributed by atoms with Gasteiger partial charge < -0.3 is 85.1 Å². The number of carboxylic acids is 1. The fourth-order valence-electron chi connectivity index (χ4n) is 7.67. The Kier molecular flexibility index (Phi) is 28.2. The second-order valence-corrected chi connectivity index (χ2v) is 19.4. The molecule has 1 aliphatic heterocycles. The zero-order valence-electron chi connectivity index (χ0n) is 42.9. The van der Waals surface area contributed by atoms with Crippen LogP contribution in [0.25, 0.3) is 0 Å². The second-order valence-electron chi connectivity index (χ2n) is 18.4. The number of aliphatic hydroxyl groups excluding tert-OH is 3. The monoisotopic (exact) mass is 1080 g/mol. The Morgan fingerprint density at radius 2 is 1.25 bits per heavy atom. The molecule has 1 aromatic carbocycles. The van der Waals surface area contributed by atoms with Crippen molar-refractivity contribution in [1.82, 2.24) is 47.4 Å². The number of carbonyl (C=O) groups is 11. The number of aliphatic carboxylic acids is 1. The number of unbranched alkanes of at least 4 members (excludes halogenated alkanes) is 1. The summed E-state index contributed by atoms with van der Waals surface area (Å²) < 4.78 is 0. The van der Waals surface area contributed by atoms with Crippen molar-refractivity contribution in [2.45, 2.75) is 146 Å². The van der Waals surface area contributed by atoms with E-state index in [4.69, 9.17) is 17.2 Å². The SMILES string of the molecule is CSCC[C@H](NC(=O)[C@H](CC(N)=O)NC(=O)[C@H](C)NC(=O)[C@H](Cc1ccccc1)NC(=O)[C@H](CO)NC(=O)[C@@H](NC(=O)[C@@H]1CCCN1C(=O)[C@@H](NC(=O)[C@@H](N)CO)[C@@H](C)O)C(C)C)C(=O)N[C@@H](CCCCN)C(=O)O. The number of benzene rings is 1. The fourth-order valence-corrected chi connectivity index (χ4v) is 8.14. The van der Waals surface area contributed by atoms with Gasteiger partial charge in [-0.05, 0) is 82.4 Å². The number of hydrogen-bond acceptors (Lipinski definition) is 17. The van der Waals surface area contributed by atoms with E-state index in [0.717, 1.165) is 4.90 Å². The largest absolute Gasteiger partial charge is 0.480 e. The van der Waals surface area contributed by atoms with E-state index in [1.54, 1.807) is 50.4 Å². The van der Waals surface area contributed by atoms with E-state index in [0.29, 0.717) is 37.1 Å². The first-order chi connectivity index (χ1) is 35.4. The summed E-state index contributed by atoms with van der Waals surface area (Å²) in [5, 5.41) is 59.0. The summed E-state index contributed by atoms with van der Waals surface area (Å²) in [5.74, 6) is -10.9. The van der Waals surface area contributed by atoms with Crippen LogP contribution in [0.4, 0.5) is 0 Å². The Morgan fingerprint density at radius 1 is 0.680 bits per heavy atom. The van der Waals surface area contributed by atoms with Crippen molar-refractivity contribution in [3.8, 4) is 0 Å². The molecule has 0 radical (unpaired) electrons. The Balaban J connectivity index is 2.27. The van der Waals surface area contributed by atoms with Crippen LogP contribution in [0, 0.1) is 5.92 Å². The highest BCUT2D eigenvalue weighted by Crippen LogP contribution is 2.20. The summed E-state index contributed by atoms with van der Waals surface area (Å²) in [4.78, 5) is 147. The minimum Gasteiger partial charge on any atom is -0.480 e. The van der Waals surface area contributed by atoms with Crippen LogP contribution in [0.3, 0.4) is 0 Å². The third kappa shape index (κ3) is 21.4. The maximum absolute atomic E-state index is 13.9. The molecule has 0 aromatic heterocycles.